The van der Waals surface area contributed by atoms with Crippen LogP contribution in [0.25, 0.3) is 0 Å². The number of hydrogen-bond acceptors (Lipinski definition) is 3. The van der Waals surface area contributed by atoms with Crippen molar-refractivity contribution in [3.8, 4) is 5.75 Å². The van der Waals surface area contributed by atoms with E-state index < -0.39 is 5.97 Å². The van der Waals surface area contributed by atoms with Crippen LogP contribution in [0, 0.1) is 0 Å². The number of carbonyl (C=O) groups is 2. The second-order valence-electron chi connectivity index (χ2n) is 4.41. The van der Waals surface area contributed by atoms with Crippen LogP contribution in [0.4, 0.5) is 5.69 Å². The summed E-state index contributed by atoms with van der Waals surface area (Å²) in [6, 6.07) is 10.9. The molecule has 22 heavy (non-hydrogen) atoms. The van der Waals surface area contributed by atoms with Gasteiger partial charge < -0.3 is 15.2 Å². The summed E-state index contributed by atoms with van der Waals surface area (Å²) in [4.78, 5) is 23.0. The van der Waals surface area contributed by atoms with Crippen LogP contribution in [0.2, 0.25) is 5.02 Å². The molecule has 0 saturated heterocycles. The molecule has 2 aromatic carbocycles. The molecule has 0 spiro atoms. The van der Waals surface area contributed by atoms with Gasteiger partial charge in [-0.25, -0.2) is 4.79 Å². The smallest absolute Gasteiger partial charge is 0.337 e. The first-order chi connectivity index (χ1) is 10.5. The summed E-state index contributed by atoms with van der Waals surface area (Å²) in [7, 11) is 0. The van der Waals surface area contributed by atoms with Crippen molar-refractivity contribution in [1.82, 2.24) is 0 Å². The Morgan fingerprint density at radius 2 is 1.86 bits per heavy atom. The number of nitrogens with one attached hydrogen (secondary N) is 1. The molecule has 2 N–H and O–H groups in total. The molecule has 0 unspecified atom stereocenters. The van der Waals surface area contributed by atoms with E-state index in [1.54, 1.807) is 24.3 Å². The molecule has 0 radical (unpaired) electrons. The quantitative estimate of drug-likeness (QED) is 0.881. The number of hydrogen-bond donors (Lipinski definition) is 2. The van der Waals surface area contributed by atoms with Crippen molar-refractivity contribution in [2.75, 3.05) is 11.9 Å². The zero-order valence-corrected chi connectivity index (χ0v) is 12.6. The van der Waals surface area contributed by atoms with Crippen molar-refractivity contribution in [3.05, 3.63) is 58.6 Å². The number of aromatic carboxylic acids is 1. The van der Waals surface area contributed by atoms with Crippen LogP contribution in [0.3, 0.4) is 0 Å². The fourth-order valence-corrected chi connectivity index (χ4v) is 2.10. The lowest BCUT2D eigenvalue weighted by Crippen LogP contribution is -2.12. The third kappa shape index (κ3) is 3.77. The van der Waals surface area contributed by atoms with Crippen molar-refractivity contribution in [2.45, 2.75) is 6.92 Å². The molecule has 114 valence electrons. The molecule has 0 aliphatic rings. The molecule has 6 heteroatoms. The summed E-state index contributed by atoms with van der Waals surface area (Å²) in [6.45, 7) is 2.44. The summed E-state index contributed by atoms with van der Waals surface area (Å²) in [6.07, 6.45) is 0. The van der Waals surface area contributed by atoms with Gasteiger partial charge in [0, 0.05) is 11.3 Å². The molecule has 1 amide bonds. The molecule has 2 aromatic rings. The minimum absolute atomic E-state index is 0.0132. The van der Waals surface area contributed by atoms with Gasteiger partial charge in [0.2, 0.25) is 0 Å². The minimum Gasteiger partial charge on any atom is -0.494 e. The molecule has 2 rings (SSSR count). The fraction of sp³-hybridized carbons (Fsp3) is 0.125. The molecule has 0 aliphatic heterocycles. The van der Waals surface area contributed by atoms with E-state index in [0.717, 1.165) is 0 Å². The van der Waals surface area contributed by atoms with Gasteiger partial charge in [0.05, 0.1) is 17.2 Å². The van der Waals surface area contributed by atoms with Crippen molar-refractivity contribution in [3.63, 3.8) is 0 Å². The first-order valence-electron chi connectivity index (χ1n) is 6.58. The van der Waals surface area contributed by atoms with E-state index in [1.165, 1.54) is 18.2 Å². The summed E-state index contributed by atoms with van der Waals surface area (Å²) >= 11 is 5.86. The fourth-order valence-electron chi connectivity index (χ4n) is 1.84. The van der Waals surface area contributed by atoms with Crippen LogP contribution in [-0.4, -0.2) is 23.6 Å². The van der Waals surface area contributed by atoms with Crippen molar-refractivity contribution in [2.24, 2.45) is 0 Å². The van der Waals surface area contributed by atoms with Crippen molar-refractivity contribution < 1.29 is 19.4 Å². The molecule has 0 atom stereocenters. The van der Waals surface area contributed by atoms with Gasteiger partial charge >= 0.3 is 5.97 Å². The van der Waals surface area contributed by atoms with Gasteiger partial charge in [-0.2, -0.15) is 0 Å². The van der Waals surface area contributed by atoms with E-state index in [1.807, 2.05) is 6.92 Å². The van der Waals surface area contributed by atoms with Crippen LogP contribution in [0.15, 0.2) is 42.5 Å². The lowest BCUT2D eigenvalue weighted by atomic mass is 10.1. The van der Waals surface area contributed by atoms with Crippen LogP contribution in [-0.2, 0) is 0 Å². The predicted molar refractivity (Wildman–Crippen MR) is 84.0 cm³/mol. The van der Waals surface area contributed by atoms with E-state index in [2.05, 4.69) is 5.32 Å². The van der Waals surface area contributed by atoms with Crippen molar-refractivity contribution >= 4 is 29.2 Å². The van der Waals surface area contributed by atoms with Gasteiger partial charge in [0.15, 0.2) is 0 Å². The minimum atomic E-state index is -1.12. The van der Waals surface area contributed by atoms with Gasteiger partial charge in [-0.05, 0) is 49.4 Å². The predicted octanol–water partition coefficient (Wildman–Crippen LogP) is 3.69. The van der Waals surface area contributed by atoms with Crippen molar-refractivity contribution in [1.29, 1.82) is 0 Å². The monoisotopic (exact) mass is 319 g/mol. The molecule has 0 bridgehead atoms. The number of carbonyl (C=O) groups excluding carboxylic acids is 1. The number of anilines is 1. The Morgan fingerprint density at radius 1 is 1.18 bits per heavy atom. The number of carboxylic acids is 1. The maximum atomic E-state index is 12.1. The first-order valence-corrected chi connectivity index (χ1v) is 6.96. The number of ether oxygens (including phenoxy) is 1. The number of amides is 1. The Hall–Kier alpha value is -2.53. The average molecular weight is 320 g/mol. The highest BCUT2D eigenvalue weighted by Crippen LogP contribution is 2.22. The van der Waals surface area contributed by atoms with Gasteiger partial charge in [0.1, 0.15) is 5.75 Å². The molecular weight excluding hydrogens is 306 g/mol. The lowest BCUT2D eigenvalue weighted by molar-refractivity contribution is 0.0697. The zero-order chi connectivity index (χ0) is 16.1. The van der Waals surface area contributed by atoms with Gasteiger partial charge in [-0.15, -0.1) is 0 Å². The first kappa shape index (κ1) is 15.9. The standard InChI is InChI=1S/C16H14ClNO4/c1-2-22-12-6-3-10(4-7-12)15(19)18-11-5-8-13(16(20)21)14(17)9-11/h3-9H,2H2,1H3,(H,18,19)(H,20,21). The summed E-state index contributed by atoms with van der Waals surface area (Å²) in [5.41, 5.74) is 0.872. The highest BCUT2D eigenvalue weighted by Gasteiger charge is 2.11. The summed E-state index contributed by atoms with van der Waals surface area (Å²) in [5.74, 6) is -0.746. The molecule has 0 aromatic heterocycles. The molecule has 0 saturated carbocycles. The van der Waals surface area contributed by atoms with Gasteiger partial charge in [-0.3, -0.25) is 4.79 Å². The van der Waals surface area contributed by atoms with E-state index in [0.29, 0.717) is 23.6 Å². The number of halogens is 1. The molecule has 0 aliphatic carbocycles. The third-order valence-electron chi connectivity index (χ3n) is 2.88. The molecule has 5 nitrogen and oxygen atoms in total. The van der Waals surface area contributed by atoms with Gasteiger partial charge in [-0.1, -0.05) is 11.6 Å². The maximum absolute atomic E-state index is 12.1. The van der Waals surface area contributed by atoms with E-state index in [4.69, 9.17) is 21.4 Å². The summed E-state index contributed by atoms with van der Waals surface area (Å²) < 4.78 is 5.31. The zero-order valence-electron chi connectivity index (χ0n) is 11.8. The Balaban J connectivity index is 2.11. The van der Waals surface area contributed by atoms with Crippen LogP contribution >= 0.6 is 11.6 Å². The second kappa shape index (κ2) is 6.95. The lowest BCUT2D eigenvalue weighted by Gasteiger charge is -2.08. The number of rotatable bonds is 5. The Labute approximate surface area is 132 Å². The average Bonchev–Trinajstić information content (AvgIpc) is 2.48. The number of carboxylic acid groups (broad SMARTS) is 1. The normalized spacial score (nSPS) is 10.1. The van der Waals surface area contributed by atoms with E-state index in [9.17, 15) is 9.59 Å². The maximum Gasteiger partial charge on any atom is 0.337 e. The highest BCUT2D eigenvalue weighted by atomic mass is 35.5. The van der Waals surface area contributed by atoms with Gasteiger partial charge in [0.25, 0.3) is 5.91 Å². The topological polar surface area (TPSA) is 75.6 Å². The van der Waals surface area contributed by atoms with Crippen LogP contribution in [0.5, 0.6) is 5.75 Å². The second-order valence-corrected chi connectivity index (χ2v) is 4.82. The van der Waals surface area contributed by atoms with E-state index >= 15 is 0 Å². The molecule has 0 heterocycles. The third-order valence-corrected chi connectivity index (χ3v) is 3.20. The Bertz CT molecular complexity index is 698. The number of benzene rings is 2. The molecular formula is C16H14ClNO4. The highest BCUT2D eigenvalue weighted by molar-refractivity contribution is 6.33. The van der Waals surface area contributed by atoms with Crippen LogP contribution in [0.1, 0.15) is 27.6 Å². The largest absolute Gasteiger partial charge is 0.494 e. The Kier molecular flexibility index (Phi) is 5.01. The molecule has 0 fully saturated rings. The van der Waals surface area contributed by atoms with E-state index in [-0.39, 0.29) is 16.5 Å². The Morgan fingerprint density at radius 3 is 2.41 bits per heavy atom. The van der Waals surface area contributed by atoms with Crippen LogP contribution < -0.4 is 10.1 Å². The summed E-state index contributed by atoms with van der Waals surface area (Å²) in [5, 5.41) is 11.6. The SMILES string of the molecule is CCOc1ccc(C(=O)Nc2ccc(C(=O)O)c(Cl)c2)cc1.